The Morgan fingerprint density at radius 2 is 1.79 bits per heavy atom. The normalized spacial score (nSPS) is 12.2. The number of nitrogens with one attached hydrogen (secondary N) is 1. The van der Waals surface area contributed by atoms with E-state index in [0.29, 0.717) is 19.7 Å². The largest absolute Gasteiger partial charge is 0.490 e. The standard InChI is InChI=1S/C20H27NO3/c1-4-23-20-12-16(10-11-19(20)24-15(2)3)13-21-14-18(22)17-8-6-5-7-9-17/h5-12,15,18,21-22H,4,13-14H2,1-3H3/t18-/m0/s1. The molecule has 0 amide bonds. The molecule has 0 unspecified atom stereocenters. The minimum absolute atomic E-state index is 0.106. The smallest absolute Gasteiger partial charge is 0.161 e. The van der Waals surface area contributed by atoms with Crippen LogP contribution in [0.15, 0.2) is 48.5 Å². The van der Waals surface area contributed by atoms with Crippen molar-refractivity contribution in [1.29, 1.82) is 0 Å². The fourth-order valence-corrected chi connectivity index (χ4v) is 2.43. The number of rotatable bonds is 9. The SMILES string of the molecule is CCOc1cc(CNC[C@H](O)c2ccccc2)ccc1OC(C)C. The van der Waals surface area contributed by atoms with Crippen LogP contribution in [-0.4, -0.2) is 24.4 Å². The number of ether oxygens (including phenoxy) is 2. The molecule has 2 N–H and O–H groups in total. The summed E-state index contributed by atoms with van der Waals surface area (Å²) in [7, 11) is 0. The lowest BCUT2D eigenvalue weighted by molar-refractivity contribution is 0.174. The summed E-state index contributed by atoms with van der Waals surface area (Å²) in [4.78, 5) is 0. The van der Waals surface area contributed by atoms with E-state index >= 15 is 0 Å². The van der Waals surface area contributed by atoms with Crippen molar-refractivity contribution in [3.63, 3.8) is 0 Å². The van der Waals surface area contributed by atoms with Crippen LogP contribution < -0.4 is 14.8 Å². The van der Waals surface area contributed by atoms with E-state index in [0.717, 1.165) is 22.6 Å². The Labute approximate surface area is 144 Å². The van der Waals surface area contributed by atoms with Gasteiger partial charge in [-0.25, -0.2) is 0 Å². The minimum Gasteiger partial charge on any atom is -0.490 e. The Hall–Kier alpha value is -2.04. The Morgan fingerprint density at radius 3 is 2.46 bits per heavy atom. The van der Waals surface area contributed by atoms with Crippen LogP contribution in [0, 0.1) is 0 Å². The molecule has 130 valence electrons. The summed E-state index contributed by atoms with van der Waals surface area (Å²) in [5.74, 6) is 1.52. The molecule has 0 saturated heterocycles. The molecule has 0 aliphatic carbocycles. The summed E-state index contributed by atoms with van der Waals surface area (Å²) in [6.45, 7) is 7.70. The first-order valence-corrected chi connectivity index (χ1v) is 8.46. The summed E-state index contributed by atoms with van der Waals surface area (Å²) >= 11 is 0. The molecule has 0 bridgehead atoms. The van der Waals surface area contributed by atoms with Gasteiger partial charge in [-0.2, -0.15) is 0 Å². The van der Waals surface area contributed by atoms with Gasteiger partial charge in [0.1, 0.15) is 0 Å². The molecule has 0 heterocycles. The molecule has 4 nitrogen and oxygen atoms in total. The second kappa shape index (κ2) is 9.30. The number of aliphatic hydroxyl groups excluding tert-OH is 1. The number of hydrogen-bond donors (Lipinski definition) is 2. The van der Waals surface area contributed by atoms with E-state index in [2.05, 4.69) is 5.32 Å². The zero-order valence-electron chi connectivity index (χ0n) is 14.7. The summed E-state index contributed by atoms with van der Waals surface area (Å²) in [6, 6.07) is 15.6. The molecule has 0 aromatic heterocycles. The summed E-state index contributed by atoms with van der Waals surface area (Å²) in [5.41, 5.74) is 2.01. The highest BCUT2D eigenvalue weighted by Crippen LogP contribution is 2.29. The molecular weight excluding hydrogens is 302 g/mol. The first-order valence-electron chi connectivity index (χ1n) is 8.46. The van der Waals surface area contributed by atoms with Gasteiger partial charge in [-0.3, -0.25) is 0 Å². The van der Waals surface area contributed by atoms with Crippen molar-refractivity contribution in [2.75, 3.05) is 13.2 Å². The fraction of sp³-hybridized carbons (Fsp3) is 0.400. The molecule has 0 saturated carbocycles. The summed E-state index contributed by atoms with van der Waals surface area (Å²) in [6.07, 6.45) is -0.407. The number of benzene rings is 2. The molecule has 0 spiro atoms. The van der Waals surface area contributed by atoms with Gasteiger partial charge in [-0.15, -0.1) is 0 Å². The van der Waals surface area contributed by atoms with Crippen molar-refractivity contribution in [3.8, 4) is 11.5 Å². The molecule has 2 rings (SSSR count). The molecular formula is C20H27NO3. The van der Waals surface area contributed by atoms with Gasteiger partial charge < -0.3 is 19.9 Å². The maximum atomic E-state index is 10.2. The van der Waals surface area contributed by atoms with Crippen LogP contribution in [0.1, 0.15) is 38.0 Å². The van der Waals surface area contributed by atoms with Gasteiger partial charge in [0, 0.05) is 13.1 Å². The van der Waals surface area contributed by atoms with E-state index in [1.54, 1.807) is 0 Å². The zero-order chi connectivity index (χ0) is 17.4. The highest BCUT2D eigenvalue weighted by atomic mass is 16.5. The predicted molar refractivity (Wildman–Crippen MR) is 96.5 cm³/mol. The summed E-state index contributed by atoms with van der Waals surface area (Å²) < 4.78 is 11.4. The number of hydrogen-bond acceptors (Lipinski definition) is 4. The molecule has 24 heavy (non-hydrogen) atoms. The van der Waals surface area contributed by atoms with E-state index in [4.69, 9.17) is 9.47 Å². The maximum Gasteiger partial charge on any atom is 0.161 e. The van der Waals surface area contributed by atoms with Crippen LogP contribution in [0.25, 0.3) is 0 Å². The molecule has 0 fully saturated rings. The average molecular weight is 329 g/mol. The van der Waals surface area contributed by atoms with Crippen LogP contribution >= 0.6 is 0 Å². The topological polar surface area (TPSA) is 50.7 Å². The van der Waals surface area contributed by atoms with Crippen molar-refractivity contribution >= 4 is 0 Å². The lowest BCUT2D eigenvalue weighted by atomic mass is 10.1. The lowest BCUT2D eigenvalue weighted by Gasteiger charge is -2.16. The van der Waals surface area contributed by atoms with Crippen LogP contribution in [-0.2, 0) is 6.54 Å². The molecule has 0 aliphatic heterocycles. The Bertz CT molecular complexity index is 614. The van der Waals surface area contributed by atoms with Crippen molar-refractivity contribution in [1.82, 2.24) is 5.32 Å². The quantitative estimate of drug-likeness (QED) is 0.736. The summed E-state index contributed by atoms with van der Waals surface area (Å²) in [5, 5.41) is 13.5. The Morgan fingerprint density at radius 1 is 1.04 bits per heavy atom. The van der Waals surface area contributed by atoms with Gasteiger partial charge in [0.25, 0.3) is 0 Å². The van der Waals surface area contributed by atoms with Crippen LogP contribution in [0.4, 0.5) is 0 Å². The van der Waals surface area contributed by atoms with E-state index in [-0.39, 0.29) is 6.10 Å². The van der Waals surface area contributed by atoms with Crippen molar-refractivity contribution in [3.05, 3.63) is 59.7 Å². The number of aliphatic hydroxyl groups is 1. The highest BCUT2D eigenvalue weighted by molar-refractivity contribution is 5.43. The molecule has 0 aliphatic rings. The second-order valence-corrected chi connectivity index (χ2v) is 5.94. The fourth-order valence-electron chi connectivity index (χ4n) is 2.43. The van der Waals surface area contributed by atoms with Crippen molar-refractivity contribution < 1.29 is 14.6 Å². The van der Waals surface area contributed by atoms with Gasteiger partial charge in [0.2, 0.25) is 0 Å². The third-order valence-electron chi connectivity index (χ3n) is 3.52. The second-order valence-electron chi connectivity index (χ2n) is 5.94. The molecule has 2 aromatic carbocycles. The van der Waals surface area contributed by atoms with Crippen LogP contribution in [0.2, 0.25) is 0 Å². The first kappa shape index (κ1) is 18.3. The first-order chi connectivity index (χ1) is 11.6. The van der Waals surface area contributed by atoms with E-state index in [1.807, 2.05) is 69.3 Å². The molecule has 1 atom stereocenters. The molecule has 0 radical (unpaired) electrons. The van der Waals surface area contributed by atoms with E-state index in [1.165, 1.54) is 0 Å². The lowest BCUT2D eigenvalue weighted by Crippen LogP contribution is -2.21. The van der Waals surface area contributed by atoms with Gasteiger partial charge in [0.05, 0.1) is 18.8 Å². The van der Waals surface area contributed by atoms with Crippen LogP contribution in [0.5, 0.6) is 11.5 Å². The van der Waals surface area contributed by atoms with E-state index < -0.39 is 6.10 Å². The van der Waals surface area contributed by atoms with Crippen molar-refractivity contribution in [2.24, 2.45) is 0 Å². The predicted octanol–water partition coefficient (Wildman–Crippen LogP) is 3.70. The third-order valence-corrected chi connectivity index (χ3v) is 3.52. The minimum atomic E-state index is -0.513. The molecule has 2 aromatic rings. The maximum absolute atomic E-state index is 10.2. The van der Waals surface area contributed by atoms with Gasteiger partial charge in [0.15, 0.2) is 11.5 Å². The third kappa shape index (κ3) is 5.55. The van der Waals surface area contributed by atoms with Gasteiger partial charge in [-0.05, 0) is 44.0 Å². The Balaban J connectivity index is 1.93. The average Bonchev–Trinajstić information content (AvgIpc) is 2.57. The van der Waals surface area contributed by atoms with Crippen molar-refractivity contribution in [2.45, 2.75) is 39.5 Å². The zero-order valence-corrected chi connectivity index (χ0v) is 14.7. The highest BCUT2D eigenvalue weighted by Gasteiger charge is 2.09. The van der Waals surface area contributed by atoms with E-state index in [9.17, 15) is 5.11 Å². The monoisotopic (exact) mass is 329 g/mol. The van der Waals surface area contributed by atoms with Gasteiger partial charge >= 0.3 is 0 Å². The van der Waals surface area contributed by atoms with Gasteiger partial charge in [-0.1, -0.05) is 36.4 Å². The van der Waals surface area contributed by atoms with Crippen LogP contribution in [0.3, 0.4) is 0 Å². The molecule has 4 heteroatoms. The Kier molecular flexibility index (Phi) is 7.09.